The van der Waals surface area contributed by atoms with Crippen molar-refractivity contribution in [3.05, 3.63) is 54.6 Å². The minimum absolute atomic E-state index is 0.723. The summed E-state index contributed by atoms with van der Waals surface area (Å²) in [5, 5.41) is 0. The van der Waals surface area contributed by atoms with Gasteiger partial charge in [-0.15, -0.1) is 0 Å². The Bertz CT molecular complexity index is 424. The highest BCUT2D eigenvalue weighted by Gasteiger charge is 1.97. The number of para-hydroxylation sites is 1. The van der Waals surface area contributed by atoms with E-state index >= 15 is 0 Å². The molecule has 0 bridgehead atoms. The Labute approximate surface area is 89.1 Å². The standard InChI is InChI=1S/C13H11O2/c1-14-12-8-5-9-13(10-12)15-11-6-3-2-4-7-11/h2-4,6-10H,1H3. The zero-order valence-electron chi connectivity index (χ0n) is 8.44. The Morgan fingerprint density at radius 3 is 2.40 bits per heavy atom. The quantitative estimate of drug-likeness (QED) is 0.755. The first-order valence-electron chi connectivity index (χ1n) is 4.66. The smallest absolute Gasteiger partial charge is 0.131 e. The molecule has 0 heterocycles. The van der Waals surface area contributed by atoms with E-state index in [1.165, 1.54) is 0 Å². The highest BCUT2D eigenvalue weighted by atomic mass is 16.5. The summed E-state index contributed by atoms with van der Waals surface area (Å²) in [5.74, 6) is 2.27. The summed E-state index contributed by atoms with van der Waals surface area (Å²) in [4.78, 5) is 0. The second-order valence-electron chi connectivity index (χ2n) is 3.02. The molecule has 0 spiro atoms. The summed E-state index contributed by atoms with van der Waals surface area (Å²) >= 11 is 0. The van der Waals surface area contributed by atoms with Crippen LogP contribution in [0.25, 0.3) is 0 Å². The molecule has 2 nitrogen and oxygen atoms in total. The van der Waals surface area contributed by atoms with Crippen molar-refractivity contribution in [2.24, 2.45) is 0 Å². The maximum Gasteiger partial charge on any atom is 0.131 e. The summed E-state index contributed by atoms with van der Waals surface area (Å²) in [5.41, 5.74) is 0. The molecule has 15 heavy (non-hydrogen) atoms. The van der Waals surface area contributed by atoms with Crippen molar-refractivity contribution in [3.8, 4) is 17.2 Å². The van der Waals surface area contributed by atoms with E-state index in [-0.39, 0.29) is 0 Å². The van der Waals surface area contributed by atoms with Gasteiger partial charge in [-0.3, -0.25) is 0 Å². The van der Waals surface area contributed by atoms with Gasteiger partial charge in [-0.25, -0.2) is 0 Å². The molecular weight excluding hydrogens is 188 g/mol. The normalized spacial score (nSPS) is 9.67. The molecule has 0 N–H and O–H groups in total. The lowest BCUT2D eigenvalue weighted by Crippen LogP contribution is -1.86. The van der Waals surface area contributed by atoms with Crippen LogP contribution in [-0.2, 0) is 0 Å². The maximum absolute atomic E-state index is 5.61. The lowest BCUT2D eigenvalue weighted by molar-refractivity contribution is 0.409. The van der Waals surface area contributed by atoms with Crippen molar-refractivity contribution >= 4 is 0 Å². The first-order valence-corrected chi connectivity index (χ1v) is 4.66. The minimum Gasteiger partial charge on any atom is -0.497 e. The summed E-state index contributed by atoms with van der Waals surface area (Å²) in [6.45, 7) is 0. The number of hydrogen-bond donors (Lipinski definition) is 0. The number of hydrogen-bond acceptors (Lipinski definition) is 2. The molecule has 2 aromatic carbocycles. The SMILES string of the molecule is COc1c[c]cc(Oc2ccccc2)c1. The van der Waals surface area contributed by atoms with Crippen LogP contribution in [0.3, 0.4) is 0 Å². The van der Waals surface area contributed by atoms with Gasteiger partial charge in [0.2, 0.25) is 0 Å². The first-order chi connectivity index (χ1) is 7.38. The van der Waals surface area contributed by atoms with Crippen LogP contribution >= 0.6 is 0 Å². The molecule has 0 saturated heterocycles. The fraction of sp³-hybridized carbons (Fsp3) is 0.0769. The molecule has 0 aliphatic carbocycles. The lowest BCUT2D eigenvalue weighted by atomic mass is 10.3. The van der Waals surface area contributed by atoms with Crippen molar-refractivity contribution in [2.45, 2.75) is 0 Å². The van der Waals surface area contributed by atoms with Crippen molar-refractivity contribution in [1.29, 1.82) is 0 Å². The third kappa shape index (κ3) is 2.50. The van der Waals surface area contributed by atoms with Gasteiger partial charge in [0, 0.05) is 6.07 Å². The molecule has 0 saturated carbocycles. The van der Waals surface area contributed by atoms with Crippen LogP contribution in [0, 0.1) is 6.07 Å². The summed E-state index contributed by atoms with van der Waals surface area (Å²) in [7, 11) is 1.62. The Kier molecular flexibility index (Phi) is 2.88. The summed E-state index contributed by atoms with van der Waals surface area (Å²) in [6, 6.07) is 17.9. The summed E-state index contributed by atoms with van der Waals surface area (Å²) < 4.78 is 10.7. The molecule has 0 aliphatic rings. The van der Waals surface area contributed by atoms with Crippen LogP contribution in [-0.4, -0.2) is 7.11 Å². The van der Waals surface area contributed by atoms with Crippen molar-refractivity contribution in [3.63, 3.8) is 0 Å². The summed E-state index contributed by atoms with van der Waals surface area (Å²) in [6.07, 6.45) is 0. The average molecular weight is 199 g/mol. The van der Waals surface area contributed by atoms with Gasteiger partial charge in [-0.2, -0.15) is 0 Å². The van der Waals surface area contributed by atoms with Crippen LogP contribution in [0.5, 0.6) is 17.2 Å². The van der Waals surface area contributed by atoms with E-state index in [9.17, 15) is 0 Å². The zero-order chi connectivity index (χ0) is 10.5. The van der Waals surface area contributed by atoms with E-state index in [0.29, 0.717) is 0 Å². The number of benzene rings is 2. The third-order valence-electron chi connectivity index (χ3n) is 1.95. The molecule has 0 atom stereocenters. The molecule has 0 fully saturated rings. The highest BCUT2D eigenvalue weighted by Crippen LogP contribution is 2.24. The van der Waals surface area contributed by atoms with E-state index in [2.05, 4.69) is 6.07 Å². The molecule has 75 valence electrons. The van der Waals surface area contributed by atoms with E-state index in [4.69, 9.17) is 9.47 Å². The minimum atomic E-state index is 0.723. The molecular formula is C13H11O2. The molecule has 0 amide bonds. The van der Waals surface area contributed by atoms with E-state index in [0.717, 1.165) is 17.2 Å². The lowest BCUT2D eigenvalue weighted by Gasteiger charge is -2.06. The monoisotopic (exact) mass is 199 g/mol. The third-order valence-corrected chi connectivity index (χ3v) is 1.95. The molecule has 2 rings (SSSR count). The van der Waals surface area contributed by atoms with Gasteiger partial charge in [0.25, 0.3) is 0 Å². The van der Waals surface area contributed by atoms with Crippen LogP contribution in [0.1, 0.15) is 0 Å². The Hall–Kier alpha value is -1.96. The van der Waals surface area contributed by atoms with E-state index in [1.807, 2.05) is 36.4 Å². The molecule has 2 heteroatoms. The highest BCUT2D eigenvalue weighted by molar-refractivity contribution is 5.36. The number of methoxy groups -OCH3 is 1. The van der Waals surface area contributed by atoms with Crippen LogP contribution in [0.4, 0.5) is 0 Å². The molecule has 0 unspecified atom stereocenters. The topological polar surface area (TPSA) is 18.5 Å². The van der Waals surface area contributed by atoms with Crippen LogP contribution in [0.2, 0.25) is 0 Å². The van der Waals surface area contributed by atoms with Gasteiger partial charge >= 0.3 is 0 Å². The Balaban J connectivity index is 2.17. The van der Waals surface area contributed by atoms with Crippen molar-refractivity contribution in [1.82, 2.24) is 0 Å². The van der Waals surface area contributed by atoms with Gasteiger partial charge < -0.3 is 9.47 Å². The molecule has 0 aromatic heterocycles. The van der Waals surface area contributed by atoms with Crippen LogP contribution < -0.4 is 9.47 Å². The molecule has 0 aliphatic heterocycles. The van der Waals surface area contributed by atoms with Crippen molar-refractivity contribution in [2.75, 3.05) is 7.11 Å². The predicted molar refractivity (Wildman–Crippen MR) is 58.3 cm³/mol. The van der Waals surface area contributed by atoms with Gasteiger partial charge in [0.05, 0.1) is 7.11 Å². The number of ether oxygens (including phenoxy) is 2. The Morgan fingerprint density at radius 1 is 0.933 bits per heavy atom. The van der Waals surface area contributed by atoms with Crippen LogP contribution in [0.15, 0.2) is 48.5 Å². The predicted octanol–water partition coefficient (Wildman–Crippen LogP) is 3.29. The van der Waals surface area contributed by atoms with Crippen molar-refractivity contribution < 1.29 is 9.47 Å². The van der Waals surface area contributed by atoms with E-state index in [1.54, 1.807) is 19.2 Å². The van der Waals surface area contributed by atoms with Gasteiger partial charge in [0.15, 0.2) is 0 Å². The number of rotatable bonds is 3. The zero-order valence-corrected chi connectivity index (χ0v) is 8.44. The molecule has 1 radical (unpaired) electrons. The fourth-order valence-electron chi connectivity index (χ4n) is 1.23. The Morgan fingerprint density at radius 2 is 1.67 bits per heavy atom. The fourth-order valence-corrected chi connectivity index (χ4v) is 1.23. The largest absolute Gasteiger partial charge is 0.497 e. The van der Waals surface area contributed by atoms with Gasteiger partial charge in [-0.05, 0) is 30.3 Å². The average Bonchev–Trinajstić information content (AvgIpc) is 2.31. The van der Waals surface area contributed by atoms with Gasteiger partial charge in [0.1, 0.15) is 17.2 Å². The second kappa shape index (κ2) is 4.51. The second-order valence-corrected chi connectivity index (χ2v) is 3.02. The molecule has 2 aromatic rings. The maximum atomic E-state index is 5.61. The van der Waals surface area contributed by atoms with E-state index < -0.39 is 0 Å². The van der Waals surface area contributed by atoms with Gasteiger partial charge in [-0.1, -0.05) is 18.2 Å². The first kappa shape index (κ1) is 9.59.